The first kappa shape index (κ1) is 42.0. The zero-order chi connectivity index (χ0) is 37.4. The van der Waals surface area contributed by atoms with Crippen molar-refractivity contribution in [2.45, 2.75) is 26.6 Å². The van der Waals surface area contributed by atoms with Crippen molar-refractivity contribution in [2.75, 3.05) is 0 Å². The number of hydrogen-bond donors (Lipinski definition) is 3. The normalized spacial score (nSPS) is 11.0. The van der Waals surface area contributed by atoms with Gasteiger partial charge in [0.25, 0.3) is 0 Å². The lowest BCUT2D eigenvalue weighted by Gasteiger charge is -2.14. The fourth-order valence-corrected chi connectivity index (χ4v) is 5.35. The van der Waals surface area contributed by atoms with Crippen LogP contribution in [0.15, 0.2) is 69.6 Å². The summed E-state index contributed by atoms with van der Waals surface area (Å²) in [6.45, 7) is 3.37. The molecule has 0 spiro atoms. The van der Waals surface area contributed by atoms with Crippen molar-refractivity contribution < 1.29 is 65.5 Å². The van der Waals surface area contributed by atoms with Gasteiger partial charge in [0.2, 0.25) is 0 Å². The Morgan fingerprint density at radius 2 is 1.12 bits per heavy atom. The molecule has 0 unspecified atom stereocenters. The number of aromatic carboxylic acids is 2. The summed E-state index contributed by atoms with van der Waals surface area (Å²) < 4.78 is 86.4. The summed E-state index contributed by atoms with van der Waals surface area (Å²) in [7, 11) is 0. The lowest BCUT2D eigenvalue weighted by atomic mass is 10.1. The minimum Gasteiger partial charge on any atom is -0.506 e. The highest BCUT2D eigenvalue weighted by Gasteiger charge is 2.32. The number of aromatic hydroxyl groups is 1. The summed E-state index contributed by atoms with van der Waals surface area (Å²) in [6, 6.07) is 12.6. The first-order valence-electron chi connectivity index (χ1n) is 12.7. The molecule has 19 heteroatoms. The third-order valence-electron chi connectivity index (χ3n) is 5.65. The zero-order valence-electron chi connectivity index (χ0n) is 24.3. The van der Waals surface area contributed by atoms with E-state index in [1.807, 2.05) is 28.7 Å². The molecule has 0 aliphatic rings. The highest BCUT2D eigenvalue weighted by atomic mass is 127. The molecule has 0 amide bonds. The Hall–Kier alpha value is -3.13. The fourth-order valence-electron chi connectivity index (χ4n) is 3.49. The van der Waals surface area contributed by atoms with Gasteiger partial charge in [0.1, 0.15) is 34.3 Å². The van der Waals surface area contributed by atoms with Crippen LogP contribution in [0.5, 0.6) is 28.7 Å². The third kappa shape index (κ3) is 13.3. The zero-order valence-corrected chi connectivity index (χ0v) is 31.2. The largest absolute Gasteiger partial charge is 0.573 e. The van der Waals surface area contributed by atoms with Crippen LogP contribution in [-0.2, 0) is 0 Å². The SMILES string of the molecule is Cc1c(Br)ccc(I)c1C(=O)O.Cc1c(Br)ccc(Oc2ccc(OC(F)(F)F)cc2Cl)c1C(=O)O.Oc1ccc(OC(F)(F)F)cc1Cl. The molecule has 3 N–H and O–H groups in total. The van der Waals surface area contributed by atoms with E-state index >= 15 is 0 Å². The first-order chi connectivity index (χ1) is 22.5. The Bertz CT molecular complexity index is 1840. The number of alkyl halides is 6. The molecule has 0 fully saturated rings. The number of carboxylic acid groups (broad SMARTS) is 2. The lowest BCUT2D eigenvalue weighted by Crippen LogP contribution is -2.17. The van der Waals surface area contributed by atoms with Crippen LogP contribution in [-0.4, -0.2) is 40.0 Å². The Labute approximate surface area is 313 Å². The summed E-state index contributed by atoms with van der Waals surface area (Å²) in [4.78, 5) is 22.2. The van der Waals surface area contributed by atoms with Crippen molar-refractivity contribution in [3.63, 3.8) is 0 Å². The molecule has 4 rings (SSSR count). The van der Waals surface area contributed by atoms with Crippen LogP contribution in [0.4, 0.5) is 26.3 Å². The summed E-state index contributed by atoms with van der Waals surface area (Å²) in [6.07, 6.45) is -9.59. The van der Waals surface area contributed by atoms with Crippen molar-refractivity contribution >= 4 is 89.6 Å². The second kappa shape index (κ2) is 17.7. The topological polar surface area (TPSA) is 123 Å². The minimum atomic E-state index is -4.84. The molecule has 49 heavy (non-hydrogen) atoms. The van der Waals surface area contributed by atoms with Gasteiger partial charge in [0.05, 0.1) is 15.6 Å². The van der Waals surface area contributed by atoms with Gasteiger partial charge in [0.15, 0.2) is 0 Å². The second-order valence-corrected chi connectivity index (χ2v) is 12.8. The van der Waals surface area contributed by atoms with E-state index in [0.29, 0.717) is 15.6 Å². The van der Waals surface area contributed by atoms with Crippen LogP contribution in [0.1, 0.15) is 31.8 Å². The van der Waals surface area contributed by atoms with E-state index in [0.717, 1.165) is 50.0 Å². The van der Waals surface area contributed by atoms with E-state index in [4.69, 9.17) is 38.2 Å². The fraction of sp³-hybridized carbons (Fsp3) is 0.133. The molecule has 4 aromatic carbocycles. The molecule has 8 nitrogen and oxygen atoms in total. The Morgan fingerprint density at radius 3 is 1.55 bits per heavy atom. The van der Waals surface area contributed by atoms with Crippen molar-refractivity contribution in [1.82, 2.24) is 0 Å². The van der Waals surface area contributed by atoms with Gasteiger partial charge in [-0.1, -0.05) is 55.1 Å². The Morgan fingerprint density at radius 1 is 0.694 bits per heavy atom. The number of carbonyl (C=O) groups is 2. The Kier molecular flexibility index (Phi) is 15.2. The number of ether oxygens (including phenoxy) is 3. The highest BCUT2D eigenvalue weighted by Crippen LogP contribution is 2.37. The third-order valence-corrected chi connectivity index (χ3v) is 8.86. The van der Waals surface area contributed by atoms with Crippen LogP contribution in [0.2, 0.25) is 10.0 Å². The number of halogens is 11. The standard InChI is InChI=1S/C15H9BrClF3O4.C8H6BrIO2.C7H4ClF3O2/c1-7-9(16)3-5-12(13(7)14(21)22)23-11-4-2-8(6-10(11)17)24-15(18,19)20;1-4-5(9)2-3-6(10)7(4)8(11)12;8-5-3-4(1-2-6(5)12)13-7(9,10)11/h2-6H,1H3,(H,21,22);2-3H,1H3,(H,11,12);1-3,12H. The lowest BCUT2D eigenvalue weighted by molar-refractivity contribution is -0.275. The molecule has 4 aromatic rings. The van der Waals surface area contributed by atoms with E-state index in [2.05, 4.69) is 41.3 Å². The molecule has 0 aliphatic carbocycles. The molecule has 0 heterocycles. The maximum Gasteiger partial charge on any atom is 0.573 e. The van der Waals surface area contributed by atoms with Gasteiger partial charge in [-0.15, -0.1) is 26.3 Å². The van der Waals surface area contributed by atoms with Gasteiger partial charge in [-0.3, -0.25) is 0 Å². The van der Waals surface area contributed by atoms with Crippen LogP contribution >= 0.6 is 77.7 Å². The smallest absolute Gasteiger partial charge is 0.506 e. The number of phenolic OH excluding ortho intramolecular Hbond substituents is 1. The molecule has 0 bridgehead atoms. The van der Waals surface area contributed by atoms with Crippen LogP contribution < -0.4 is 14.2 Å². The quantitative estimate of drug-likeness (QED) is 0.129. The van der Waals surface area contributed by atoms with Gasteiger partial charge >= 0.3 is 24.7 Å². The number of benzene rings is 4. The summed E-state index contributed by atoms with van der Waals surface area (Å²) in [5.41, 5.74) is 1.50. The van der Waals surface area contributed by atoms with Crippen LogP contribution in [0.3, 0.4) is 0 Å². The molecule has 264 valence electrons. The van der Waals surface area contributed by atoms with Crippen molar-refractivity contribution in [2.24, 2.45) is 0 Å². The van der Waals surface area contributed by atoms with Crippen molar-refractivity contribution in [1.29, 1.82) is 0 Å². The highest BCUT2D eigenvalue weighted by molar-refractivity contribution is 14.1. The van der Waals surface area contributed by atoms with Gasteiger partial charge in [-0.25, -0.2) is 9.59 Å². The number of rotatable bonds is 6. The maximum atomic E-state index is 12.2. The van der Waals surface area contributed by atoms with Gasteiger partial charge in [-0.05, 0) is 96.1 Å². The summed E-state index contributed by atoms with van der Waals surface area (Å²) >= 11 is 19.7. The monoisotopic (exact) mass is 976 g/mol. The molecule has 0 aromatic heterocycles. The maximum absolute atomic E-state index is 12.2. The Balaban J connectivity index is 0.000000281. The number of carboxylic acids is 2. The van der Waals surface area contributed by atoms with E-state index in [1.165, 1.54) is 6.07 Å². The molecule has 0 aliphatic heterocycles. The van der Waals surface area contributed by atoms with Crippen molar-refractivity contribution in [3.8, 4) is 28.7 Å². The average Bonchev–Trinajstić information content (AvgIpc) is 2.95. The molecule has 0 saturated carbocycles. The minimum absolute atomic E-state index is 0.00425. The van der Waals surface area contributed by atoms with Gasteiger partial charge in [-0.2, -0.15) is 0 Å². The first-order valence-corrected chi connectivity index (χ1v) is 16.1. The predicted molar refractivity (Wildman–Crippen MR) is 182 cm³/mol. The molecular weight excluding hydrogens is 960 g/mol. The molecule has 0 radical (unpaired) electrons. The molecule has 0 atom stereocenters. The van der Waals surface area contributed by atoms with E-state index in [9.17, 15) is 41.0 Å². The van der Waals surface area contributed by atoms with Crippen molar-refractivity contribution in [3.05, 3.63) is 105 Å². The summed E-state index contributed by atoms with van der Waals surface area (Å²) in [5.74, 6) is -3.35. The number of phenols is 1. The van der Waals surface area contributed by atoms with E-state index in [-0.39, 0.29) is 32.9 Å². The van der Waals surface area contributed by atoms with Gasteiger partial charge < -0.3 is 29.5 Å². The second-order valence-electron chi connectivity index (χ2n) is 9.09. The molecule has 0 saturated heterocycles. The van der Waals surface area contributed by atoms with Crippen LogP contribution in [0.25, 0.3) is 0 Å². The van der Waals surface area contributed by atoms with Gasteiger partial charge in [0, 0.05) is 24.6 Å². The number of hydrogen-bond acceptors (Lipinski definition) is 6. The predicted octanol–water partition coefficient (Wildman–Crippen LogP) is 11.8. The summed E-state index contributed by atoms with van der Waals surface area (Å²) in [5, 5.41) is 26.7. The average molecular weight is 979 g/mol. The van der Waals surface area contributed by atoms with E-state index < -0.39 is 36.2 Å². The van der Waals surface area contributed by atoms with Crippen LogP contribution in [0, 0.1) is 17.4 Å². The molecular formula is C30H19Br2Cl2F6IO8. The van der Waals surface area contributed by atoms with E-state index in [1.54, 1.807) is 26.0 Å².